The van der Waals surface area contributed by atoms with Gasteiger partial charge in [0.1, 0.15) is 6.10 Å². The normalized spacial score (nSPS) is 35.3. The number of benzene rings is 1. The van der Waals surface area contributed by atoms with Crippen molar-refractivity contribution >= 4 is 0 Å². The lowest BCUT2D eigenvalue weighted by Crippen LogP contribution is -2.42. The van der Waals surface area contributed by atoms with E-state index >= 15 is 0 Å². The van der Waals surface area contributed by atoms with Crippen LogP contribution < -0.4 is 9.47 Å². The molecule has 2 heterocycles. The largest absolute Gasteiger partial charge is 0.493 e. The monoisotopic (exact) mass is 315 g/mol. The molecular weight excluding hydrogens is 290 g/mol. The van der Waals surface area contributed by atoms with Crippen LogP contribution in [0.3, 0.4) is 0 Å². The molecule has 2 aliphatic heterocycles. The molecular formula is C19H25NO3. The Bertz CT molecular complexity index is 684. The Morgan fingerprint density at radius 2 is 2.22 bits per heavy atom. The van der Waals surface area contributed by atoms with Crippen LogP contribution >= 0.6 is 0 Å². The fourth-order valence-electron chi connectivity index (χ4n) is 4.63. The molecule has 4 nitrogen and oxygen atoms in total. The number of ether oxygens (including phenoxy) is 2. The molecule has 1 aliphatic carbocycles. The molecule has 0 saturated carbocycles. The van der Waals surface area contributed by atoms with Gasteiger partial charge in [-0.25, -0.2) is 0 Å². The van der Waals surface area contributed by atoms with Crippen molar-refractivity contribution < 1.29 is 14.6 Å². The lowest BCUT2D eigenvalue weighted by atomic mass is 9.68. The van der Waals surface area contributed by atoms with Crippen LogP contribution in [0.2, 0.25) is 0 Å². The second-order valence-electron chi connectivity index (χ2n) is 7.23. The van der Waals surface area contributed by atoms with E-state index in [1.807, 2.05) is 6.08 Å². The maximum absolute atomic E-state index is 10.1. The molecule has 0 amide bonds. The number of hydrogen-bond donors (Lipinski definition) is 1. The summed E-state index contributed by atoms with van der Waals surface area (Å²) in [5.74, 6) is 1.70. The van der Waals surface area contributed by atoms with Crippen molar-refractivity contribution in [1.82, 2.24) is 4.90 Å². The molecule has 1 aromatic rings. The van der Waals surface area contributed by atoms with Gasteiger partial charge < -0.3 is 14.6 Å². The molecule has 4 rings (SSSR count). The van der Waals surface area contributed by atoms with Crippen molar-refractivity contribution in [3.63, 3.8) is 0 Å². The van der Waals surface area contributed by atoms with E-state index in [2.05, 4.69) is 37.9 Å². The van der Waals surface area contributed by atoms with Crippen LogP contribution in [-0.2, 0) is 5.41 Å². The molecule has 4 atom stereocenters. The van der Waals surface area contributed by atoms with Crippen molar-refractivity contribution in [3.8, 4) is 11.5 Å². The highest BCUT2D eigenvalue weighted by atomic mass is 16.5. The summed E-state index contributed by atoms with van der Waals surface area (Å²) in [7, 11) is 3.89. The lowest BCUT2D eigenvalue weighted by Gasteiger charge is -2.35. The van der Waals surface area contributed by atoms with Gasteiger partial charge in [0.15, 0.2) is 11.5 Å². The molecule has 124 valence electrons. The smallest absolute Gasteiger partial charge is 0.166 e. The Balaban J connectivity index is 2.03. The van der Waals surface area contributed by atoms with Crippen LogP contribution in [0.1, 0.15) is 42.5 Å². The molecule has 1 aromatic carbocycles. The predicted octanol–water partition coefficient (Wildman–Crippen LogP) is 2.72. The third-order valence-electron chi connectivity index (χ3n) is 6.04. The minimum absolute atomic E-state index is 0.00866. The fourth-order valence-corrected chi connectivity index (χ4v) is 4.63. The van der Waals surface area contributed by atoms with Crippen LogP contribution in [0.25, 0.3) is 0 Å². The third-order valence-corrected chi connectivity index (χ3v) is 6.04. The minimum atomic E-state index is -0.422. The lowest BCUT2D eigenvalue weighted by molar-refractivity contribution is 0.0813. The van der Waals surface area contributed by atoms with Crippen LogP contribution in [0.4, 0.5) is 0 Å². The topological polar surface area (TPSA) is 41.9 Å². The van der Waals surface area contributed by atoms with Gasteiger partial charge in [-0.3, -0.25) is 4.90 Å². The number of aryl methyl sites for hydroxylation is 1. The molecule has 1 spiro atoms. The van der Waals surface area contributed by atoms with Crippen molar-refractivity contribution in [2.24, 2.45) is 0 Å². The van der Waals surface area contributed by atoms with E-state index < -0.39 is 6.10 Å². The summed E-state index contributed by atoms with van der Waals surface area (Å²) in [4.78, 5) is 2.41. The Morgan fingerprint density at radius 1 is 1.43 bits per heavy atom. The standard InChI is InChI=1S/C19H25NO3/c1-11-9-14(22-4)18-17-16(11)12(2)20(3)8-7-19(17)6-5-13(21)10-15(19)23-18/h5-6,9,12-13,15,21H,7-8,10H2,1-4H3/t12-,13?,15+,19?/m0/s1. The molecule has 2 unspecified atom stereocenters. The third kappa shape index (κ3) is 1.91. The van der Waals surface area contributed by atoms with E-state index in [1.165, 1.54) is 16.7 Å². The first-order valence-electron chi connectivity index (χ1n) is 8.44. The molecule has 0 radical (unpaired) electrons. The zero-order chi connectivity index (χ0) is 16.4. The number of aliphatic hydroxyl groups is 1. The zero-order valence-electron chi connectivity index (χ0n) is 14.3. The highest BCUT2D eigenvalue weighted by molar-refractivity contribution is 5.64. The summed E-state index contributed by atoms with van der Waals surface area (Å²) >= 11 is 0. The van der Waals surface area contributed by atoms with Gasteiger partial charge in [-0.15, -0.1) is 0 Å². The Kier molecular flexibility index (Phi) is 3.26. The van der Waals surface area contributed by atoms with Gasteiger partial charge in [-0.2, -0.15) is 0 Å². The van der Waals surface area contributed by atoms with Crippen molar-refractivity contribution in [1.29, 1.82) is 0 Å². The summed E-state index contributed by atoms with van der Waals surface area (Å²) in [6.45, 7) is 5.44. The molecule has 0 bridgehead atoms. The maximum atomic E-state index is 10.1. The zero-order valence-corrected chi connectivity index (χ0v) is 14.3. The molecule has 0 saturated heterocycles. The highest BCUT2D eigenvalue weighted by Crippen LogP contribution is 2.57. The maximum Gasteiger partial charge on any atom is 0.166 e. The van der Waals surface area contributed by atoms with Crippen LogP contribution in [-0.4, -0.2) is 42.9 Å². The Morgan fingerprint density at radius 3 is 2.96 bits per heavy atom. The number of aliphatic hydroxyl groups excluding tert-OH is 1. The van der Waals surface area contributed by atoms with E-state index in [9.17, 15) is 5.11 Å². The first-order valence-corrected chi connectivity index (χ1v) is 8.44. The van der Waals surface area contributed by atoms with Crippen molar-refractivity contribution in [3.05, 3.63) is 34.9 Å². The summed E-state index contributed by atoms with van der Waals surface area (Å²) < 4.78 is 12.0. The summed E-state index contributed by atoms with van der Waals surface area (Å²) in [5.41, 5.74) is 3.77. The SMILES string of the molecule is COc1cc(C)c2c3c1O[C@@H]1CC(O)C=CC31CCN(C)[C@H]2C. The Hall–Kier alpha value is -1.52. The number of rotatable bonds is 1. The van der Waals surface area contributed by atoms with Crippen molar-refractivity contribution in [2.45, 2.75) is 50.4 Å². The van der Waals surface area contributed by atoms with E-state index in [0.717, 1.165) is 24.5 Å². The average Bonchev–Trinajstić information content (AvgIpc) is 2.80. The number of nitrogens with zero attached hydrogens (tertiary/aromatic N) is 1. The summed E-state index contributed by atoms with van der Waals surface area (Å²) in [6, 6.07) is 2.44. The predicted molar refractivity (Wildman–Crippen MR) is 89.3 cm³/mol. The van der Waals surface area contributed by atoms with Gasteiger partial charge >= 0.3 is 0 Å². The quantitative estimate of drug-likeness (QED) is 0.809. The fraction of sp³-hybridized carbons (Fsp3) is 0.579. The van der Waals surface area contributed by atoms with Gasteiger partial charge in [0.25, 0.3) is 0 Å². The van der Waals surface area contributed by atoms with Crippen LogP contribution in [0.15, 0.2) is 18.2 Å². The molecule has 1 N–H and O–H groups in total. The average molecular weight is 315 g/mol. The molecule has 3 aliphatic rings. The molecule has 4 heteroatoms. The van der Waals surface area contributed by atoms with Crippen LogP contribution in [0.5, 0.6) is 11.5 Å². The summed E-state index contributed by atoms with van der Waals surface area (Å²) in [6.07, 6.45) is 5.37. The highest BCUT2D eigenvalue weighted by Gasteiger charge is 2.53. The minimum Gasteiger partial charge on any atom is -0.493 e. The van der Waals surface area contributed by atoms with Gasteiger partial charge in [-0.1, -0.05) is 12.2 Å². The van der Waals surface area contributed by atoms with Gasteiger partial charge in [0, 0.05) is 18.0 Å². The Labute approximate surface area is 137 Å². The number of methoxy groups -OCH3 is 1. The first kappa shape index (κ1) is 15.0. The van der Waals surface area contributed by atoms with E-state index in [0.29, 0.717) is 12.5 Å². The van der Waals surface area contributed by atoms with E-state index in [4.69, 9.17) is 9.47 Å². The van der Waals surface area contributed by atoms with Gasteiger partial charge in [-0.05, 0) is 51.1 Å². The first-order chi connectivity index (χ1) is 11.0. The van der Waals surface area contributed by atoms with E-state index in [-0.39, 0.29) is 11.5 Å². The van der Waals surface area contributed by atoms with Crippen molar-refractivity contribution in [2.75, 3.05) is 20.7 Å². The van der Waals surface area contributed by atoms with Gasteiger partial charge in [0.2, 0.25) is 0 Å². The summed E-state index contributed by atoms with van der Waals surface area (Å²) in [5, 5.41) is 10.1. The van der Waals surface area contributed by atoms with Crippen LogP contribution in [0, 0.1) is 6.92 Å². The second kappa shape index (κ2) is 4.99. The molecule has 0 aromatic heterocycles. The van der Waals surface area contributed by atoms with E-state index in [1.54, 1.807) is 7.11 Å². The van der Waals surface area contributed by atoms with Gasteiger partial charge in [0.05, 0.1) is 18.6 Å². The molecule has 0 fully saturated rings. The number of hydrogen-bond acceptors (Lipinski definition) is 4. The molecule has 23 heavy (non-hydrogen) atoms. The second-order valence-corrected chi connectivity index (χ2v) is 7.23.